The minimum Gasteiger partial charge on any atom is -0.347 e. The van der Waals surface area contributed by atoms with Gasteiger partial charge in [0.15, 0.2) is 0 Å². The molecule has 3 rings (SSSR count). The molecule has 1 aliphatic heterocycles. The summed E-state index contributed by atoms with van der Waals surface area (Å²) in [5.74, 6) is -0.466. The summed E-state index contributed by atoms with van der Waals surface area (Å²) in [6, 6.07) is 8.31. The number of nitrogens with one attached hydrogen (secondary N) is 3. The summed E-state index contributed by atoms with van der Waals surface area (Å²) >= 11 is 3.45. The van der Waals surface area contributed by atoms with Gasteiger partial charge < -0.3 is 10.6 Å². The summed E-state index contributed by atoms with van der Waals surface area (Å²) in [7, 11) is 0. The number of rotatable bonds is 6. The summed E-state index contributed by atoms with van der Waals surface area (Å²) in [6.07, 6.45) is 1.81. The number of benzene rings is 1. The highest BCUT2D eigenvalue weighted by molar-refractivity contribution is 9.10. The summed E-state index contributed by atoms with van der Waals surface area (Å²) in [6.45, 7) is 3.98. The molecule has 1 aliphatic rings. The van der Waals surface area contributed by atoms with Crippen LogP contribution in [0.5, 0.6) is 0 Å². The largest absolute Gasteiger partial charge is 0.347 e. The Hall–Kier alpha value is -2.52. The molecule has 9 heteroatoms. The lowest BCUT2D eigenvalue weighted by Crippen LogP contribution is -2.60. The number of amides is 3. The number of hydrogen-bond donors (Lipinski definition) is 3. The van der Waals surface area contributed by atoms with E-state index < -0.39 is 12.1 Å². The van der Waals surface area contributed by atoms with Crippen LogP contribution in [-0.4, -0.2) is 46.8 Å². The third kappa shape index (κ3) is 5.10. The van der Waals surface area contributed by atoms with Gasteiger partial charge in [0.2, 0.25) is 12.3 Å². The molecule has 2 heterocycles. The van der Waals surface area contributed by atoms with Crippen LogP contribution in [0.1, 0.15) is 38.4 Å². The Bertz CT molecular complexity index is 922. The molecule has 29 heavy (non-hydrogen) atoms. The second kappa shape index (κ2) is 9.32. The number of hydrogen-bond acceptors (Lipinski definition) is 5. The molecular weight excluding hydrogens is 438 g/mol. The van der Waals surface area contributed by atoms with Crippen LogP contribution in [0.3, 0.4) is 0 Å². The summed E-state index contributed by atoms with van der Waals surface area (Å²) in [4.78, 5) is 40.3. The normalized spacial score (nSPS) is 18.7. The van der Waals surface area contributed by atoms with E-state index in [1.807, 2.05) is 37.3 Å². The molecule has 0 radical (unpaired) electrons. The molecule has 1 saturated heterocycles. The quantitative estimate of drug-likeness (QED) is 0.569. The average molecular weight is 462 g/mol. The van der Waals surface area contributed by atoms with Crippen LogP contribution >= 0.6 is 15.9 Å². The van der Waals surface area contributed by atoms with Gasteiger partial charge in [0, 0.05) is 16.4 Å². The first kappa shape index (κ1) is 21.2. The van der Waals surface area contributed by atoms with Gasteiger partial charge >= 0.3 is 0 Å². The van der Waals surface area contributed by atoms with Crippen molar-refractivity contribution in [2.75, 3.05) is 6.54 Å². The lowest BCUT2D eigenvalue weighted by atomic mass is 10.1. The first-order valence-electron chi connectivity index (χ1n) is 9.53. The maximum absolute atomic E-state index is 12.7. The highest BCUT2D eigenvalue weighted by Crippen LogP contribution is 2.21. The van der Waals surface area contributed by atoms with Crippen LogP contribution in [0.2, 0.25) is 0 Å². The van der Waals surface area contributed by atoms with Gasteiger partial charge in [0.1, 0.15) is 12.1 Å². The van der Waals surface area contributed by atoms with Crippen molar-refractivity contribution in [3.05, 3.63) is 40.5 Å². The van der Waals surface area contributed by atoms with Gasteiger partial charge in [-0.3, -0.25) is 24.4 Å². The monoisotopic (exact) mass is 461 g/mol. The number of pyridine rings is 1. The van der Waals surface area contributed by atoms with E-state index in [1.54, 1.807) is 6.92 Å². The van der Waals surface area contributed by atoms with Crippen molar-refractivity contribution in [3.8, 4) is 0 Å². The minimum atomic E-state index is -0.651. The van der Waals surface area contributed by atoms with Crippen molar-refractivity contribution in [1.29, 1.82) is 0 Å². The Labute approximate surface area is 177 Å². The SMILES string of the molecule is C[C@H](NC=O)C(=O)N1CCC[C@@H](C(=O)N[C@H](C)c2ccc3ccc(Br)cc3n2)N1. The maximum Gasteiger partial charge on any atom is 0.258 e. The highest BCUT2D eigenvalue weighted by atomic mass is 79.9. The van der Waals surface area contributed by atoms with Crippen LogP contribution in [0.15, 0.2) is 34.8 Å². The van der Waals surface area contributed by atoms with Crippen molar-refractivity contribution in [2.24, 2.45) is 0 Å². The number of hydrazine groups is 1. The van der Waals surface area contributed by atoms with E-state index in [0.717, 1.165) is 21.1 Å². The van der Waals surface area contributed by atoms with Crippen molar-refractivity contribution in [2.45, 2.75) is 44.8 Å². The minimum absolute atomic E-state index is 0.192. The molecule has 1 aromatic heterocycles. The van der Waals surface area contributed by atoms with Crippen molar-refractivity contribution in [3.63, 3.8) is 0 Å². The van der Waals surface area contributed by atoms with Gasteiger partial charge in [-0.1, -0.05) is 28.1 Å². The van der Waals surface area contributed by atoms with Crippen LogP contribution in [0, 0.1) is 0 Å². The van der Waals surface area contributed by atoms with Gasteiger partial charge in [-0.15, -0.1) is 0 Å². The Morgan fingerprint density at radius 2 is 2.07 bits per heavy atom. The van der Waals surface area contributed by atoms with E-state index in [2.05, 4.69) is 37.0 Å². The molecule has 1 fully saturated rings. The van der Waals surface area contributed by atoms with Crippen LogP contribution < -0.4 is 16.1 Å². The van der Waals surface area contributed by atoms with E-state index in [1.165, 1.54) is 5.01 Å². The lowest BCUT2D eigenvalue weighted by molar-refractivity contribution is -0.142. The van der Waals surface area contributed by atoms with Gasteiger partial charge in [0.25, 0.3) is 5.91 Å². The summed E-state index contributed by atoms with van der Waals surface area (Å²) in [5, 5.41) is 7.84. The van der Waals surface area contributed by atoms with E-state index in [-0.39, 0.29) is 17.9 Å². The molecule has 154 valence electrons. The van der Waals surface area contributed by atoms with Crippen molar-refractivity contribution < 1.29 is 14.4 Å². The Balaban J connectivity index is 1.64. The number of nitrogens with zero attached hydrogens (tertiary/aromatic N) is 2. The fraction of sp³-hybridized carbons (Fsp3) is 0.400. The fourth-order valence-electron chi connectivity index (χ4n) is 3.28. The number of halogens is 1. The molecule has 0 saturated carbocycles. The molecule has 8 nitrogen and oxygen atoms in total. The zero-order chi connectivity index (χ0) is 21.0. The van der Waals surface area contributed by atoms with Gasteiger partial charge in [-0.05, 0) is 44.9 Å². The van der Waals surface area contributed by atoms with Gasteiger partial charge in [0.05, 0.1) is 17.3 Å². The fourth-order valence-corrected chi connectivity index (χ4v) is 3.63. The standard InChI is InChI=1S/C20H24BrN5O3/c1-12(16-8-6-14-5-7-15(21)10-18(14)24-16)23-19(28)17-4-3-9-26(25-17)20(29)13(2)22-11-27/h5-8,10-13,17,25H,3-4,9H2,1-2H3,(H,22,27)(H,23,28)/t12-,13+,17+/m1/s1. The Morgan fingerprint density at radius 3 is 2.83 bits per heavy atom. The molecule has 2 aromatic rings. The van der Waals surface area contributed by atoms with E-state index in [4.69, 9.17) is 0 Å². The predicted molar refractivity (Wildman–Crippen MR) is 113 cm³/mol. The topological polar surface area (TPSA) is 103 Å². The van der Waals surface area contributed by atoms with Crippen LogP contribution in [-0.2, 0) is 14.4 Å². The third-order valence-electron chi connectivity index (χ3n) is 4.94. The van der Waals surface area contributed by atoms with Gasteiger partial charge in [-0.2, -0.15) is 0 Å². The van der Waals surface area contributed by atoms with Crippen LogP contribution in [0.4, 0.5) is 0 Å². The summed E-state index contributed by atoms with van der Waals surface area (Å²) < 4.78 is 0.945. The Morgan fingerprint density at radius 1 is 1.31 bits per heavy atom. The average Bonchev–Trinajstić information content (AvgIpc) is 2.72. The zero-order valence-corrected chi connectivity index (χ0v) is 17.9. The summed E-state index contributed by atoms with van der Waals surface area (Å²) in [5.41, 5.74) is 4.59. The molecule has 0 unspecified atom stereocenters. The third-order valence-corrected chi connectivity index (χ3v) is 5.43. The van der Waals surface area contributed by atoms with Crippen molar-refractivity contribution in [1.82, 2.24) is 26.1 Å². The predicted octanol–water partition coefficient (Wildman–Crippen LogP) is 1.80. The van der Waals surface area contributed by atoms with E-state index in [9.17, 15) is 14.4 Å². The number of carbonyl (C=O) groups excluding carboxylic acids is 3. The molecule has 3 atom stereocenters. The van der Waals surface area contributed by atoms with E-state index >= 15 is 0 Å². The molecule has 3 N–H and O–H groups in total. The molecule has 1 aromatic carbocycles. The Kier molecular flexibility index (Phi) is 6.81. The molecule has 0 aliphatic carbocycles. The van der Waals surface area contributed by atoms with E-state index in [0.29, 0.717) is 25.8 Å². The number of carbonyl (C=O) groups is 3. The molecule has 3 amide bonds. The second-order valence-electron chi connectivity index (χ2n) is 7.12. The first-order valence-corrected chi connectivity index (χ1v) is 10.3. The lowest BCUT2D eigenvalue weighted by Gasteiger charge is -2.34. The second-order valence-corrected chi connectivity index (χ2v) is 8.04. The highest BCUT2D eigenvalue weighted by Gasteiger charge is 2.30. The molecule has 0 bridgehead atoms. The van der Waals surface area contributed by atoms with Gasteiger partial charge in [-0.25, -0.2) is 5.43 Å². The smallest absolute Gasteiger partial charge is 0.258 e. The maximum atomic E-state index is 12.7. The molecular formula is C20H24BrN5O3. The van der Waals surface area contributed by atoms with Crippen molar-refractivity contribution >= 4 is 45.1 Å². The number of fused-ring (bicyclic) bond motifs is 1. The number of aromatic nitrogens is 1. The van der Waals surface area contributed by atoms with Crippen LogP contribution in [0.25, 0.3) is 10.9 Å². The first-order chi connectivity index (χ1) is 13.9. The molecule has 0 spiro atoms. The zero-order valence-electron chi connectivity index (χ0n) is 16.3.